The van der Waals surface area contributed by atoms with Crippen LogP contribution in [0.5, 0.6) is 0 Å². The van der Waals surface area contributed by atoms with Crippen LogP contribution in [0.1, 0.15) is 18.2 Å². The molecule has 0 spiro atoms. The van der Waals surface area contributed by atoms with E-state index in [1.807, 2.05) is 0 Å². The number of aryl methyl sites for hydroxylation is 1. The lowest BCUT2D eigenvalue weighted by Crippen LogP contribution is -2.44. The predicted octanol–water partition coefficient (Wildman–Crippen LogP) is 2.49. The number of aromatic nitrogens is 2. The van der Waals surface area contributed by atoms with E-state index in [1.165, 1.54) is 5.56 Å². The van der Waals surface area contributed by atoms with Crippen LogP contribution in [0.2, 0.25) is 0 Å². The van der Waals surface area contributed by atoms with Gasteiger partial charge < -0.3 is 10.2 Å². The molecule has 0 saturated carbocycles. The third kappa shape index (κ3) is 2.55. The van der Waals surface area contributed by atoms with Gasteiger partial charge in [-0.1, -0.05) is 13.0 Å². The minimum absolute atomic E-state index is 0.864. The van der Waals surface area contributed by atoms with Gasteiger partial charge in [0.05, 0.1) is 4.88 Å². The number of rotatable bonds is 3. The van der Waals surface area contributed by atoms with Crippen LogP contribution in [-0.4, -0.2) is 36.1 Å². The third-order valence-electron chi connectivity index (χ3n) is 3.70. The minimum Gasteiger partial charge on any atom is -0.354 e. The van der Waals surface area contributed by atoms with Crippen LogP contribution in [0.3, 0.4) is 0 Å². The maximum absolute atomic E-state index is 4.87. The number of piperazine rings is 1. The van der Waals surface area contributed by atoms with Gasteiger partial charge in [-0.3, -0.25) is 0 Å². The van der Waals surface area contributed by atoms with Gasteiger partial charge in [-0.05, 0) is 24.8 Å². The first-order chi connectivity index (χ1) is 9.79. The SMILES string of the molecule is CCc1c(C)nc(-c2cccs2)nc1N1CCNCC1. The van der Waals surface area contributed by atoms with E-state index in [2.05, 4.69) is 41.6 Å². The average molecular weight is 288 g/mol. The predicted molar refractivity (Wildman–Crippen MR) is 84.5 cm³/mol. The number of nitrogens with zero attached hydrogens (tertiary/aromatic N) is 3. The smallest absolute Gasteiger partial charge is 0.171 e. The molecule has 0 radical (unpaired) electrons. The molecule has 1 aliphatic rings. The monoisotopic (exact) mass is 288 g/mol. The Morgan fingerprint density at radius 1 is 1.30 bits per heavy atom. The van der Waals surface area contributed by atoms with Crippen molar-refractivity contribution >= 4 is 17.2 Å². The summed E-state index contributed by atoms with van der Waals surface area (Å²) in [5.74, 6) is 1.99. The van der Waals surface area contributed by atoms with Crippen molar-refractivity contribution in [3.05, 3.63) is 28.8 Å². The van der Waals surface area contributed by atoms with E-state index in [9.17, 15) is 0 Å². The molecule has 3 heterocycles. The summed E-state index contributed by atoms with van der Waals surface area (Å²) in [5, 5.41) is 5.47. The fourth-order valence-electron chi connectivity index (χ4n) is 2.65. The highest BCUT2D eigenvalue weighted by Crippen LogP contribution is 2.28. The van der Waals surface area contributed by atoms with Crippen molar-refractivity contribution < 1.29 is 0 Å². The third-order valence-corrected chi connectivity index (χ3v) is 4.57. The van der Waals surface area contributed by atoms with E-state index in [1.54, 1.807) is 11.3 Å². The zero-order valence-electron chi connectivity index (χ0n) is 12.0. The Morgan fingerprint density at radius 2 is 2.10 bits per heavy atom. The van der Waals surface area contributed by atoms with E-state index < -0.39 is 0 Å². The molecule has 2 aromatic rings. The second-order valence-electron chi connectivity index (χ2n) is 5.00. The molecule has 20 heavy (non-hydrogen) atoms. The van der Waals surface area contributed by atoms with E-state index in [-0.39, 0.29) is 0 Å². The van der Waals surface area contributed by atoms with Crippen molar-refractivity contribution in [3.8, 4) is 10.7 Å². The maximum atomic E-state index is 4.87. The summed E-state index contributed by atoms with van der Waals surface area (Å²) >= 11 is 1.70. The molecule has 1 saturated heterocycles. The van der Waals surface area contributed by atoms with Gasteiger partial charge in [0.25, 0.3) is 0 Å². The summed E-state index contributed by atoms with van der Waals surface area (Å²) in [6.45, 7) is 8.38. The van der Waals surface area contributed by atoms with Crippen molar-refractivity contribution in [1.29, 1.82) is 0 Å². The maximum Gasteiger partial charge on any atom is 0.171 e. The summed E-state index contributed by atoms with van der Waals surface area (Å²) in [4.78, 5) is 13.1. The van der Waals surface area contributed by atoms with E-state index >= 15 is 0 Å². The lowest BCUT2D eigenvalue weighted by Gasteiger charge is -2.30. The van der Waals surface area contributed by atoms with Gasteiger partial charge >= 0.3 is 0 Å². The van der Waals surface area contributed by atoms with Crippen molar-refractivity contribution in [2.75, 3.05) is 31.1 Å². The highest BCUT2D eigenvalue weighted by atomic mass is 32.1. The van der Waals surface area contributed by atoms with Crippen LogP contribution in [0.15, 0.2) is 17.5 Å². The number of nitrogens with one attached hydrogen (secondary N) is 1. The number of hydrogen-bond acceptors (Lipinski definition) is 5. The number of thiophene rings is 1. The van der Waals surface area contributed by atoms with Gasteiger partial charge in [-0.2, -0.15) is 0 Å². The molecule has 5 heteroatoms. The minimum atomic E-state index is 0.864. The molecule has 1 fully saturated rings. The van der Waals surface area contributed by atoms with E-state index in [0.717, 1.165) is 54.8 Å². The zero-order valence-corrected chi connectivity index (χ0v) is 12.8. The Morgan fingerprint density at radius 3 is 2.75 bits per heavy atom. The highest BCUT2D eigenvalue weighted by Gasteiger charge is 2.19. The van der Waals surface area contributed by atoms with Gasteiger partial charge in [-0.15, -0.1) is 11.3 Å². The molecular formula is C15H20N4S. The van der Waals surface area contributed by atoms with Crippen LogP contribution in [-0.2, 0) is 6.42 Å². The summed E-state index contributed by atoms with van der Waals surface area (Å²) in [6, 6.07) is 4.14. The second-order valence-corrected chi connectivity index (χ2v) is 5.95. The zero-order chi connectivity index (χ0) is 13.9. The lowest BCUT2D eigenvalue weighted by molar-refractivity contribution is 0.582. The molecular weight excluding hydrogens is 268 g/mol. The summed E-state index contributed by atoms with van der Waals surface area (Å²) in [7, 11) is 0. The first-order valence-electron chi connectivity index (χ1n) is 7.16. The van der Waals surface area contributed by atoms with Crippen molar-refractivity contribution in [3.63, 3.8) is 0 Å². The summed E-state index contributed by atoms with van der Waals surface area (Å²) < 4.78 is 0. The van der Waals surface area contributed by atoms with Crippen molar-refractivity contribution in [2.24, 2.45) is 0 Å². The molecule has 106 valence electrons. The summed E-state index contributed by atoms with van der Waals surface area (Å²) in [5.41, 5.74) is 2.40. The lowest BCUT2D eigenvalue weighted by atomic mass is 10.1. The van der Waals surface area contributed by atoms with Gasteiger partial charge in [0.1, 0.15) is 5.82 Å². The molecule has 0 bridgehead atoms. The molecule has 0 aromatic carbocycles. The Hall–Kier alpha value is -1.46. The quantitative estimate of drug-likeness (QED) is 0.942. The van der Waals surface area contributed by atoms with E-state index in [0.29, 0.717) is 0 Å². The normalized spacial score (nSPS) is 15.6. The average Bonchev–Trinajstić information content (AvgIpc) is 3.01. The fourth-order valence-corrected chi connectivity index (χ4v) is 3.31. The van der Waals surface area contributed by atoms with Crippen molar-refractivity contribution in [1.82, 2.24) is 15.3 Å². The van der Waals surface area contributed by atoms with Crippen LogP contribution in [0.25, 0.3) is 10.7 Å². The largest absolute Gasteiger partial charge is 0.354 e. The van der Waals surface area contributed by atoms with Crippen LogP contribution >= 0.6 is 11.3 Å². The topological polar surface area (TPSA) is 41.1 Å². The summed E-state index contributed by atoms with van der Waals surface area (Å²) in [6.07, 6.45) is 0.982. The molecule has 1 N–H and O–H groups in total. The molecule has 0 atom stereocenters. The molecule has 1 aliphatic heterocycles. The first kappa shape index (κ1) is 13.5. The Labute approximate surface area is 123 Å². The van der Waals surface area contributed by atoms with Crippen LogP contribution in [0, 0.1) is 6.92 Å². The molecule has 0 unspecified atom stereocenters. The van der Waals surface area contributed by atoms with Crippen molar-refractivity contribution in [2.45, 2.75) is 20.3 Å². The molecule has 2 aromatic heterocycles. The number of hydrogen-bond donors (Lipinski definition) is 1. The first-order valence-corrected chi connectivity index (χ1v) is 8.04. The molecule has 0 amide bonds. The fraction of sp³-hybridized carbons (Fsp3) is 0.467. The molecule has 0 aliphatic carbocycles. The van der Waals surface area contributed by atoms with Crippen LogP contribution < -0.4 is 10.2 Å². The van der Waals surface area contributed by atoms with Crippen LogP contribution in [0.4, 0.5) is 5.82 Å². The second kappa shape index (κ2) is 5.89. The van der Waals surface area contributed by atoms with Gasteiger partial charge in [0.15, 0.2) is 5.82 Å². The Kier molecular flexibility index (Phi) is 3.98. The van der Waals surface area contributed by atoms with Gasteiger partial charge in [-0.25, -0.2) is 9.97 Å². The Bertz CT molecular complexity index is 574. The van der Waals surface area contributed by atoms with Gasteiger partial charge in [0, 0.05) is 37.4 Å². The highest BCUT2D eigenvalue weighted by molar-refractivity contribution is 7.13. The Balaban J connectivity index is 2.05. The molecule has 4 nitrogen and oxygen atoms in total. The molecule has 3 rings (SSSR count). The van der Waals surface area contributed by atoms with Gasteiger partial charge in [0.2, 0.25) is 0 Å². The van der Waals surface area contributed by atoms with E-state index in [4.69, 9.17) is 9.97 Å². The number of anilines is 1. The standard InChI is InChI=1S/C15H20N4S/c1-3-12-11(2)17-14(13-5-4-10-20-13)18-15(12)19-8-6-16-7-9-19/h4-5,10,16H,3,6-9H2,1-2H3.